The minimum absolute atomic E-state index is 0.0546. The number of likely N-dealkylation sites (tertiary alicyclic amines) is 1. The van der Waals surface area contributed by atoms with E-state index in [0.717, 1.165) is 0 Å². The molecule has 1 rings (SSSR count). The molecule has 24 heavy (non-hydrogen) atoms. The lowest BCUT2D eigenvalue weighted by Crippen LogP contribution is -2.56. The number of nitrogens with zero attached hydrogens (tertiary/aromatic N) is 1. The normalized spacial score (nSPS) is 27.0. The summed E-state index contributed by atoms with van der Waals surface area (Å²) in [4.78, 5) is 23.6. The van der Waals surface area contributed by atoms with E-state index in [2.05, 4.69) is 0 Å². The number of aliphatic carboxylic acids is 2. The van der Waals surface area contributed by atoms with Crippen molar-refractivity contribution in [3.63, 3.8) is 0 Å². The molecule has 4 atom stereocenters. The van der Waals surface area contributed by atoms with Crippen molar-refractivity contribution in [2.75, 3.05) is 13.1 Å². The molecule has 1 fully saturated rings. The van der Waals surface area contributed by atoms with Gasteiger partial charge in [0, 0.05) is 31.5 Å². The van der Waals surface area contributed by atoms with Crippen LogP contribution in [0.2, 0.25) is 6.32 Å². The van der Waals surface area contributed by atoms with E-state index in [4.69, 9.17) is 26.6 Å². The van der Waals surface area contributed by atoms with Crippen LogP contribution in [-0.2, 0) is 9.59 Å². The Morgan fingerprint density at radius 1 is 1.33 bits per heavy atom. The molecule has 2 unspecified atom stereocenters. The zero-order chi connectivity index (χ0) is 18.5. The molecule has 1 saturated heterocycles. The number of rotatable bonds is 10. The minimum Gasteiger partial charge on any atom is -0.481 e. The van der Waals surface area contributed by atoms with Crippen LogP contribution in [0, 0.1) is 5.92 Å². The molecule has 0 aromatic rings. The van der Waals surface area contributed by atoms with E-state index in [1.165, 1.54) is 4.90 Å². The Kier molecular flexibility index (Phi) is 7.58. The first-order valence-electron chi connectivity index (χ1n) is 7.85. The van der Waals surface area contributed by atoms with E-state index in [-0.39, 0.29) is 32.3 Å². The van der Waals surface area contributed by atoms with Crippen molar-refractivity contribution < 1.29 is 35.0 Å². The molecule has 0 spiro atoms. The maximum Gasteiger partial charge on any atom is 0.451 e. The molecular formula is C13H26BN3O7. The average Bonchev–Trinajstić information content (AvgIpc) is 2.82. The predicted octanol–water partition coefficient (Wildman–Crippen LogP) is -2.54. The van der Waals surface area contributed by atoms with Crippen LogP contribution in [0.1, 0.15) is 25.7 Å². The van der Waals surface area contributed by atoms with Crippen molar-refractivity contribution in [3.05, 3.63) is 0 Å². The van der Waals surface area contributed by atoms with E-state index < -0.39 is 42.8 Å². The lowest BCUT2D eigenvalue weighted by atomic mass is 9.78. The molecule has 1 aliphatic rings. The highest BCUT2D eigenvalue weighted by atomic mass is 16.4. The quantitative estimate of drug-likeness (QED) is 0.207. The Labute approximate surface area is 140 Å². The molecule has 0 aromatic heterocycles. The third-order valence-corrected chi connectivity index (χ3v) is 4.51. The molecule has 0 radical (unpaired) electrons. The Balaban J connectivity index is 2.71. The van der Waals surface area contributed by atoms with Crippen molar-refractivity contribution in [3.8, 4) is 0 Å². The second-order valence-electron chi connectivity index (χ2n) is 6.39. The van der Waals surface area contributed by atoms with Crippen LogP contribution < -0.4 is 11.5 Å². The van der Waals surface area contributed by atoms with Gasteiger partial charge in [0.2, 0.25) is 0 Å². The van der Waals surface area contributed by atoms with Crippen LogP contribution in [0.25, 0.3) is 0 Å². The molecule has 0 saturated carbocycles. The van der Waals surface area contributed by atoms with Gasteiger partial charge in [0.25, 0.3) is 0 Å². The van der Waals surface area contributed by atoms with Gasteiger partial charge in [-0.2, -0.15) is 0 Å². The third kappa shape index (κ3) is 5.40. The van der Waals surface area contributed by atoms with Gasteiger partial charge in [-0.15, -0.1) is 0 Å². The number of aliphatic hydroxyl groups is 1. The summed E-state index contributed by atoms with van der Waals surface area (Å²) >= 11 is 0. The highest BCUT2D eigenvalue weighted by Gasteiger charge is 2.51. The molecule has 138 valence electrons. The summed E-state index contributed by atoms with van der Waals surface area (Å²) in [5.41, 5.74) is 10.2. The van der Waals surface area contributed by atoms with E-state index >= 15 is 0 Å². The molecule has 10 nitrogen and oxygen atoms in total. The van der Waals surface area contributed by atoms with Crippen LogP contribution in [-0.4, -0.2) is 80.2 Å². The minimum atomic E-state index is -1.58. The first-order chi connectivity index (χ1) is 11.1. The Morgan fingerprint density at radius 3 is 2.46 bits per heavy atom. The summed E-state index contributed by atoms with van der Waals surface area (Å²) < 4.78 is 0. The number of carboxylic acids is 2. The van der Waals surface area contributed by atoms with Crippen molar-refractivity contribution >= 4 is 19.1 Å². The van der Waals surface area contributed by atoms with Gasteiger partial charge in [0.05, 0.1) is 0 Å². The third-order valence-electron chi connectivity index (χ3n) is 4.51. The Morgan fingerprint density at radius 2 is 1.96 bits per heavy atom. The fourth-order valence-electron chi connectivity index (χ4n) is 3.03. The second kappa shape index (κ2) is 8.74. The van der Waals surface area contributed by atoms with Crippen molar-refractivity contribution in [1.82, 2.24) is 4.90 Å². The first-order valence-corrected chi connectivity index (χ1v) is 7.85. The zero-order valence-electron chi connectivity index (χ0n) is 13.4. The van der Waals surface area contributed by atoms with Gasteiger partial charge in [-0.25, -0.2) is 0 Å². The highest BCUT2D eigenvalue weighted by Crippen LogP contribution is 2.32. The molecule has 0 aromatic carbocycles. The summed E-state index contributed by atoms with van der Waals surface area (Å²) in [5.74, 6) is -2.72. The lowest BCUT2D eigenvalue weighted by Gasteiger charge is -2.28. The van der Waals surface area contributed by atoms with Gasteiger partial charge >= 0.3 is 19.1 Å². The summed E-state index contributed by atoms with van der Waals surface area (Å²) in [6.45, 7) is 0.0723. The number of nitrogens with two attached hydrogens (primary N) is 2. The fourth-order valence-corrected chi connectivity index (χ4v) is 3.03. The number of aliphatic hydroxyl groups excluding tert-OH is 1. The van der Waals surface area contributed by atoms with Crippen molar-refractivity contribution in [2.45, 2.75) is 49.8 Å². The summed E-state index contributed by atoms with van der Waals surface area (Å²) in [7, 11) is -1.46. The first kappa shape index (κ1) is 20.8. The highest BCUT2D eigenvalue weighted by molar-refractivity contribution is 6.40. The van der Waals surface area contributed by atoms with Crippen LogP contribution in [0.3, 0.4) is 0 Å². The van der Waals surface area contributed by atoms with Crippen molar-refractivity contribution in [1.29, 1.82) is 0 Å². The van der Waals surface area contributed by atoms with E-state index in [9.17, 15) is 19.8 Å². The van der Waals surface area contributed by atoms with E-state index in [1.807, 2.05) is 0 Å². The molecule has 11 heteroatoms. The van der Waals surface area contributed by atoms with E-state index in [0.29, 0.717) is 12.8 Å². The Bertz CT molecular complexity index is 453. The van der Waals surface area contributed by atoms with Crippen LogP contribution in [0.5, 0.6) is 0 Å². The number of carbonyl (C=O) groups is 2. The molecule has 1 heterocycles. The monoisotopic (exact) mass is 347 g/mol. The summed E-state index contributed by atoms with van der Waals surface area (Å²) in [6, 6.07) is -0.836. The molecular weight excluding hydrogens is 321 g/mol. The lowest BCUT2D eigenvalue weighted by molar-refractivity contribution is -0.144. The van der Waals surface area contributed by atoms with Gasteiger partial charge in [0.1, 0.15) is 11.8 Å². The van der Waals surface area contributed by atoms with E-state index in [1.54, 1.807) is 0 Å². The fraction of sp³-hybridized carbons (Fsp3) is 0.846. The number of hydrogen-bond donors (Lipinski definition) is 7. The molecule has 0 aliphatic carbocycles. The van der Waals surface area contributed by atoms with Gasteiger partial charge in [-0.3, -0.25) is 14.5 Å². The molecule has 9 N–H and O–H groups in total. The largest absolute Gasteiger partial charge is 0.481 e. The standard InChI is InChI=1S/C13H26BN3O7/c15-9(3-4-10(18)19)11(20)17-6-8(2-1-5-14(23)24)13(16,7-17)12(21)22/h8-9,11,20,23-24H,1-7,15-16H2,(H,18,19)(H,21,22)/t8?,9-,11?,13-/m0/s1. The van der Waals surface area contributed by atoms with Crippen molar-refractivity contribution in [2.24, 2.45) is 17.4 Å². The van der Waals surface area contributed by atoms with Crippen LogP contribution in [0.4, 0.5) is 0 Å². The molecule has 0 bridgehead atoms. The Hall–Kier alpha value is -1.24. The summed E-state index contributed by atoms with van der Waals surface area (Å²) in [5, 5.41) is 46.1. The van der Waals surface area contributed by atoms with Gasteiger partial charge in [-0.05, 0) is 19.2 Å². The molecule has 1 aliphatic heterocycles. The summed E-state index contributed by atoms with van der Waals surface area (Å²) in [6.07, 6.45) is -0.500. The maximum atomic E-state index is 11.5. The number of hydrogen-bond acceptors (Lipinski definition) is 8. The van der Waals surface area contributed by atoms with Crippen LogP contribution >= 0.6 is 0 Å². The second-order valence-corrected chi connectivity index (χ2v) is 6.39. The average molecular weight is 347 g/mol. The SMILES string of the molecule is N[C@@H](CCC(=O)O)C(O)N1CC(CCCB(O)O)[C@](N)(C(=O)O)C1. The van der Waals surface area contributed by atoms with Gasteiger partial charge in [0.15, 0.2) is 0 Å². The topological polar surface area (TPSA) is 191 Å². The van der Waals surface area contributed by atoms with Gasteiger partial charge < -0.3 is 36.8 Å². The van der Waals surface area contributed by atoms with Crippen LogP contribution in [0.15, 0.2) is 0 Å². The zero-order valence-corrected chi connectivity index (χ0v) is 13.4. The smallest absolute Gasteiger partial charge is 0.451 e. The maximum absolute atomic E-state index is 11.5. The predicted molar refractivity (Wildman–Crippen MR) is 84.7 cm³/mol. The number of carboxylic acid groups (broad SMARTS) is 2. The molecule has 0 amide bonds. The van der Waals surface area contributed by atoms with Gasteiger partial charge in [-0.1, -0.05) is 6.42 Å².